The third kappa shape index (κ3) is 2.77. The molecule has 0 spiro atoms. The van der Waals surface area contributed by atoms with Gasteiger partial charge in [0.1, 0.15) is 4.90 Å². The van der Waals surface area contributed by atoms with E-state index in [4.69, 9.17) is 0 Å². The van der Waals surface area contributed by atoms with Crippen LogP contribution in [0.25, 0.3) is 0 Å². The summed E-state index contributed by atoms with van der Waals surface area (Å²) in [7, 11) is -3.53. The normalized spacial score (nSPS) is 15.2. The van der Waals surface area contributed by atoms with Crippen LogP contribution in [0.2, 0.25) is 0 Å². The van der Waals surface area contributed by atoms with Crippen LogP contribution in [0.1, 0.15) is 11.1 Å². The maximum absolute atomic E-state index is 12.3. The summed E-state index contributed by atoms with van der Waals surface area (Å²) >= 11 is 3.24. The van der Waals surface area contributed by atoms with Crippen LogP contribution >= 0.6 is 15.9 Å². The number of benzene rings is 1. The molecule has 1 aromatic carbocycles. The number of fused-ring (bicyclic) bond motifs is 1. The van der Waals surface area contributed by atoms with E-state index >= 15 is 0 Å². The van der Waals surface area contributed by atoms with Crippen molar-refractivity contribution in [1.29, 1.82) is 0 Å². The molecule has 20 heavy (non-hydrogen) atoms. The van der Waals surface area contributed by atoms with Crippen LogP contribution in [-0.4, -0.2) is 19.4 Å². The molecule has 4 nitrogen and oxygen atoms in total. The van der Waals surface area contributed by atoms with Crippen LogP contribution in [0.15, 0.2) is 52.1 Å². The molecule has 2 aromatic rings. The van der Waals surface area contributed by atoms with Crippen molar-refractivity contribution in [2.45, 2.75) is 23.8 Å². The lowest BCUT2D eigenvalue weighted by molar-refractivity contribution is 0.555. The number of hydrogen-bond acceptors (Lipinski definition) is 3. The van der Waals surface area contributed by atoms with Crippen molar-refractivity contribution in [3.63, 3.8) is 0 Å². The summed E-state index contributed by atoms with van der Waals surface area (Å²) in [6, 6.07) is 9.52. The first-order chi connectivity index (χ1) is 9.54. The van der Waals surface area contributed by atoms with Gasteiger partial charge in [0.25, 0.3) is 0 Å². The summed E-state index contributed by atoms with van der Waals surface area (Å²) in [6.07, 6.45) is 4.38. The molecule has 0 atom stereocenters. The number of nitrogens with zero attached hydrogens (tertiary/aromatic N) is 1. The van der Waals surface area contributed by atoms with Gasteiger partial charge in [0.2, 0.25) is 10.0 Å². The lowest BCUT2D eigenvalue weighted by Gasteiger charge is -2.12. The number of sulfonamides is 1. The number of hydrogen-bond donors (Lipinski definition) is 1. The summed E-state index contributed by atoms with van der Waals surface area (Å²) in [5, 5.41) is 0. The quantitative estimate of drug-likeness (QED) is 0.921. The van der Waals surface area contributed by atoms with Crippen molar-refractivity contribution in [2.24, 2.45) is 0 Å². The second kappa shape index (κ2) is 5.27. The van der Waals surface area contributed by atoms with Gasteiger partial charge in [-0.3, -0.25) is 4.98 Å². The highest BCUT2D eigenvalue weighted by atomic mass is 79.9. The molecule has 0 fully saturated rings. The van der Waals surface area contributed by atoms with Crippen LogP contribution in [0.5, 0.6) is 0 Å². The Bertz CT molecular complexity index is 721. The predicted molar refractivity (Wildman–Crippen MR) is 79.9 cm³/mol. The largest absolute Gasteiger partial charge is 0.262 e. The molecule has 0 radical (unpaired) electrons. The zero-order valence-electron chi connectivity index (χ0n) is 10.6. The van der Waals surface area contributed by atoms with Crippen molar-refractivity contribution in [1.82, 2.24) is 9.71 Å². The van der Waals surface area contributed by atoms with Gasteiger partial charge in [0.05, 0.1) is 0 Å². The smallest absolute Gasteiger partial charge is 0.242 e. The molecule has 0 saturated carbocycles. The molecule has 0 saturated heterocycles. The van der Waals surface area contributed by atoms with Gasteiger partial charge in [-0.15, -0.1) is 0 Å². The molecule has 0 bridgehead atoms. The van der Waals surface area contributed by atoms with Crippen LogP contribution in [0.4, 0.5) is 0 Å². The van der Waals surface area contributed by atoms with Gasteiger partial charge in [0.15, 0.2) is 0 Å². The van der Waals surface area contributed by atoms with Crippen LogP contribution in [0.3, 0.4) is 0 Å². The number of pyridine rings is 1. The van der Waals surface area contributed by atoms with E-state index in [1.807, 2.05) is 24.3 Å². The van der Waals surface area contributed by atoms with Gasteiger partial charge in [-0.05, 0) is 46.0 Å². The lowest BCUT2D eigenvalue weighted by Crippen LogP contribution is -2.35. The maximum Gasteiger partial charge on any atom is 0.242 e. The molecule has 6 heteroatoms. The minimum Gasteiger partial charge on any atom is -0.262 e. The van der Waals surface area contributed by atoms with E-state index < -0.39 is 10.0 Å². The van der Waals surface area contributed by atoms with Crippen LogP contribution in [-0.2, 0) is 22.9 Å². The third-order valence-electron chi connectivity index (χ3n) is 3.36. The van der Waals surface area contributed by atoms with E-state index in [1.54, 1.807) is 12.3 Å². The highest BCUT2D eigenvalue weighted by Gasteiger charge is 2.26. The van der Waals surface area contributed by atoms with Crippen molar-refractivity contribution < 1.29 is 8.42 Å². The number of nitrogens with one attached hydrogen (secondary N) is 1. The first-order valence-corrected chi connectivity index (χ1v) is 8.52. The average Bonchev–Trinajstić information content (AvgIpc) is 2.80. The Labute approximate surface area is 126 Å². The summed E-state index contributed by atoms with van der Waals surface area (Å²) in [5.74, 6) is 0. The van der Waals surface area contributed by atoms with E-state index in [2.05, 4.69) is 25.6 Å². The Kier molecular flexibility index (Phi) is 3.62. The Morgan fingerprint density at radius 2 is 1.80 bits per heavy atom. The first-order valence-electron chi connectivity index (χ1n) is 6.24. The number of halogens is 1. The van der Waals surface area contributed by atoms with Gasteiger partial charge in [-0.25, -0.2) is 13.1 Å². The lowest BCUT2D eigenvalue weighted by atomic mass is 10.1. The fourth-order valence-electron chi connectivity index (χ4n) is 2.47. The zero-order valence-corrected chi connectivity index (χ0v) is 13.0. The molecule has 1 aliphatic rings. The van der Waals surface area contributed by atoms with Crippen LogP contribution in [0, 0.1) is 0 Å². The van der Waals surface area contributed by atoms with Gasteiger partial charge in [0, 0.05) is 22.9 Å². The highest BCUT2D eigenvalue weighted by molar-refractivity contribution is 9.10. The second-order valence-electron chi connectivity index (χ2n) is 4.83. The van der Waals surface area contributed by atoms with Crippen molar-refractivity contribution >= 4 is 26.0 Å². The molecule has 104 valence electrons. The van der Waals surface area contributed by atoms with Gasteiger partial charge in [-0.2, -0.15) is 0 Å². The molecule has 1 aromatic heterocycles. The third-order valence-corrected chi connectivity index (χ3v) is 5.28. The second-order valence-corrected chi connectivity index (χ2v) is 7.46. The fourth-order valence-corrected chi connectivity index (χ4v) is 4.21. The van der Waals surface area contributed by atoms with E-state index in [0.29, 0.717) is 4.47 Å². The molecule has 1 heterocycles. The number of rotatable bonds is 3. The van der Waals surface area contributed by atoms with Crippen LogP contribution < -0.4 is 4.72 Å². The van der Waals surface area contributed by atoms with E-state index in [1.165, 1.54) is 17.3 Å². The minimum atomic E-state index is -3.53. The maximum atomic E-state index is 12.3. The Balaban J connectivity index is 1.79. The molecule has 1 aliphatic carbocycles. The number of aromatic nitrogens is 1. The Morgan fingerprint density at radius 1 is 1.15 bits per heavy atom. The Morgan fingerprint density at radius 3 is 2.40 bits per heavy atom. The van der Waals surface area contributed by atoms with Crippen molar-refractivity contribution in [3.8, 4) is 0 Å². The highest BCUT2D eigenvalue weighted by Crippen LogP contribution is 2.23. The monoisotopic (exact) mass is 352 g/mol. The Hall–Kier alpha value is -1.24. The summed E-state index contributed by atoms with van der Waals surface area (Å²) in [6.45, 7) is 0. The molecular weight excluding hydrogens is 340 g/mol. The topological polar surface area (TPSA) is 59.1 Å². The SMILES string of the molecule is O=S(=O)(NC1Cc2ccccc2C1)c1cncc(Br)c1. The molecule has 3 rings (SSSR count). The van der Waals surface area contributed by atoms with Gasteiger partial charge < -0.3 is 0 Å². The molecule has 1 N–H and O–H groups in total. The van der Waals surface area contributed by atoms with Gasteiger partial charge in [-0.1, -0.05) is 24.3 Å². The molecule has 0 amide bonds. The minimum absolute atomic E-state index is 0.0867. The molecule has 0 unspecified atom stereocenters. The zero-order chi connectivity index (χ0) is 14.2. The summed E-state index contributed by atoms with van der Waals surface area (Å²) < 4.78 is 28.0. The fraction of sp³-hybridized carbons (Fsp3) is 0.214. The van der Waals surface area contributed by atoms with Crippen molar-refractivity contribution in [3.05, 3.63) is 58.3 Å². The first kappa shape index (κ1) is 13.7. The summed E-state index contributed by atoms with van der Waals surface area (Å²) in [5.41, 5.74) is 2.43. The summed E-state index contributed by atoms with van der Waals surface area (Å²) in [4.78, 5) is 4.08. The van der Waals surface area contributed by atoms with E-state index in [9.17, 15) is 8.42 Å². The van der Waals surface area contributed by atoms with E-state index in [0.717, 1.165) is 12.8 Å². The van der Waals surface area contributed by atoms with Gasteiger partial charge >= 0.3 is 0 Å². The van der Waals surface area contributed by atoms with E-state index in [-0.39, 0.29) is 10.9 Å². The predicted octanol–water partition coefficient (Wildman–Crippen LogP) is 2.29. The molecular formula is C14H13BrN2O2S. The van der Waals surface area contributed by atoms with Crippen molar-refractivity contribution in [2.75, 3.05) is 0 Å². The molecule has 0 aliphatic heterocycles. The standard InChI is InChI=1S/C14H13BrN2O2S/c15-12-7-14(9-16-8-12)20(18,19)17-13-5-10-3-1-2-4-11(10)6-13/h1-4,7-9,13,17H,5-6H2. The average molecular weight is 353 g/mol.